The first-order valence-electron chi connectivity index (χ1n) is 7.06. The zero-order chi connectivity index (χ0) is 15.6. The van der Waals surface area contributed by atoms with Crippen molar-refractivity contribution < 1.29 is 4.39 Å². The molecule has 0 saturated heterocycles. The predicted octanol–water partition coefficient (Wildman–Crippen LogP) is 3.67. The fourth-order valence-electron chi connectivity index (χ4n) is 2.44. The topological polar surface area (TPSA) is 55.1 Å². The summed E-state index contributed by atoms with van der Waals surface area (Å²) in [5, 5.41) is 7.41. The number of halogens is 1. The lowest BCUT2D eigenvalue weighted by Gasteiger charge is -2.05. The van der Waals surface area contributed by atoms with Gasteiger partial charge in [-0.05, 0) is 24.3 Å². The van der Waals surface area contributed by atoms with E-state index in [1.807, 2.05) is 24.3 Å². The number of anilines is 2. The van der Waals surface area contributed by atoms with Gasteiger partial charge in [-0.15, -0.1) is 0 Å². The van der Waals surface area contributed by atoms with Crippen molar-refractivity contribution in [1.82, 2.24) is 19.6 Å². The van der Waals surface area contributed by atoms with Gasteiger partial charge in [0.15, 0.2) is 5.82 Å². The van der Waals surface area contributed by atoms with E-state index in [0.29, 0.717) is 11.4 Å². The maximum atomic E-state index is 14.0. The molecule has 6 heteroatoms. The monoisotopic (exact) mass is 305 g/mol. The van der Waals surface area contributed by atoms with Gasteiger partial charge >= 0.3 is 0 Å². The Hall–Kier alpha value is -3.28. The molecule has 1 N–H and O–H groups in total. The lowest BCUT2D eigenvalue weighted by Crippen LogP contribution is -1.99. The Kier molecular flexibility index (Phi) is 3.20. The Morgan fingerprint density at radius 3 is 2.70 bits per heavy atom. The SMILES string of the molecule is Fc1ccccc1-c1cc2c(Nc3ccncc3)ncnn2c1. The minimum absolute atomic E-state index is 0.264. The standard InChI is InChI=1S/C17H12FN5/c18-15-4-2-1-3-14(15)12-9-16-17(20-11-21-23(16)10-12)22-13-5-7-19-8-6-13/h1-11H,(H,19,20,21,22). The van der Waals surface area contributed by atoms with E-state index in [2.05, 4.69) is 20.4 Å². The largest absolute Gasteiger partial charge is 0.338 e. The van der Waals surface area contributed by atoms with Crippen molar-refractivity contribution in [2.24, 2.45) is 0 Å². The van der Waals surface area contributed by atoms with Crippen LogP contribution in [0.15, 0.2) is 67.4 Å². The van der Waals surface area contributed by atoms with Crippen molar-refractivity contribution in [3.8, 4) is 11.1 Å². The van der Waals surface area contributed by atoms with Crippen LogP contribution >= 0.6 is 0 Å². The van der Waals surface area contributed by atoms with Crippen molar-refractivity contribution in [3.63, 3.8) is 0 Å². The lowest BCUT2D eigenvalue weighted by atomic mass is 10.1. The van der Waals surface area contributed by atoms with E-state index >= 15 is 0 Å². The van der Waals surface area contributed by atoms with E-state index in [-0.39, 0.29) is 5.82 Å². The van der Waals surface area contributed by atoms with E-state index < -0.39 is 0 Å². The number of rotatable bonds is 3. The molecule has 5 nitrogen and oxygen atoms in total. The van der Waals surface area contributed by atoms with Crippen LogP contribution in [0.25, 0.3) is 16.6 Å². The van der Waals surface area contributed by atoms with E-state index in [9.17, 15) is 4.39 Å². The molecular formula is C17H12FN5. The summed E-state index contributed by atoms with van der Waals surface area (Å²) < 4.78 is 15.7. The zero-order valence-electron chi connectivity index (χ0n) is 12.0. The number of fused-ring (bicyclic) bond motifs is 1. The minimum atomic E-state index is -0.264. The third-order valence-electron chi connectivity index (χ3n) is 3.53. The van der Waals surface area contributed by atoms with Crippen molar-refractivity contribution in [1.29, 1.82) is 0 Å². The molecular weight excluding hydrogens is 293 g/mol. The van der Waals surface area contributed by atoms with Gasteiger partial charge in [0, 0.05) is 35.4 Å². The van der Waals surface area contributed by atoms with Crippen LogP contribution in [-0.4, -0.2) is 19.6 Å². The molecule has 0 aliphatic heterocycles. The van der Waals surface area contributed by atoms with Crippen LogP contribution < -0.4 is 5.32 Å². The fraction of sp³-hybridized carbons (Fsp3) is 0. The van der Waals surface area contributed by atoms with Crippen LogP contribution in [0.1, 0.15) is 0 Å². The normalized spacial score (nSPS) is 10.8. The van der Waals surface area contributed by atoms with E-state index in [0.717, 1.165) is 16.8 Å². The van der Waals surface area contributed by atoms with Gasteiger partial charge in [0.2, 0.25) is 0 Å². The van der Waals surface area contributed by atoms with Crippen LogP contribution in [0.5, 0.6) is 0 Å². The van der Waals surface area contributed by atoms with Gasteiger partial charge in [0.05, 0.1) is 0 Å². The van der Waals surface area contributed by atoms with Crippen LogP contribution in [0.2, 0.25) is 0 Å². The highest BCUT2D eigenvalue weighted by atomic mass is 19.1. The van der Waals surface area contributed by atoms with Crippen LogP contribution in [0.4, 0.5) is 15.9 Å². The number of hydrogen-bond donors (Lipinski definition) is 1. The number of hydrogen-bond acceptors (Lipinski definition) is 4. The molecule has 0 radical (unpaired) electrons. The summed E-state index contributed by atoms with van der Waals surface area (Å²) in [5.41, 5.74) is 2.92. The van der Waals surface area contributed by atoms with E-state index in [4.69, 9.17) is 0 Å². The molecule has 0 unspecified atom stereocenters. The van der Waals surface area contributed by atoms with Gasteiger partial charge in [-0.25, -0.2) is 13.9 Å². The molecule has 1 aromatic carbocycles. The Morgan fingerprint density at radius 1 is 1.04 bits per heavy atom. The average Bonchev–Trinajstić information content (AvgIpc) is 3.01. The third-order valence-corrected chi connectivity index (χ3v) is 3.53. The quantitative estimate of drug-likeness (QED) is 0.627. The fourth-order valence-corrected chi connectivity index (χ4v) is 2.44. The van der Waals surface area contributed by atoms with Gasteiger partial charge in [-0.3, -0.25) is 4.98 Å². The molecule has 0 atom stereocenters. The molecule has 23 heavy (non-hydrogen) atoms. The first kappa shape index (κ1) is 13.4. The first-order chi connectivity index (χ1) is 11.3. The summed E-state index contributed by atoms with van der Waals surface area (Å²) in [6, 6.07) is 12.2. The van der Waals surface area contributed by atoms with Crippen LogP contribution in [0.3, 0.4) is 0 Å². The predicted molar refractivity (Wildman–Crippen MR) is 85.9 cm³/mol. The van der Waals surface area contributed by atoms with Crippen molar-refractivity contribution in [3.05, 3.63) is 73.2 Å². The maximum absolute atomic E-state index is 14.0. The number of nitrogens with one attached hydrogen (secondary N) is 1. The highest BCUT2D eigenvalue weighted by molar-refractivity contribution is 5.79. The highest BCUT2D eigenvalue weighted by Gasteiger charge is 2.11. The minimum Gasteiger partial charge on any atom is -0.338 e. The molecule has 3 heterocycles. The molecule has 0 amide bonds. The van der Waals surface area contributed by atoms with Crippen LogP contribution in [0, 0.1) is 5.82 Å². The second kappa shape index (κ2) is 5.49. The molecule has 0 aliphatic carbocycles. The Labute approximate surface area is 131 Å². The Morgan fingerprint density at radius 2 is 1.87 bits per heavy atom. The zero-order valence-corrected chi connectivity index (χ0v) is 12.0. The summed E-state index contributed by atoms with van der Waals surface area (Å²) in [6.07, 6.45) is 6.64. The van der Waals surface area contributed by atoms with Gasteiger partial charge < -0.3 is 5.32 Å². The van der Waals surface area contributed by atoms with Crippen molar-refractivity contribution >= 4 is 17.0 Å². The van der Waals surface area contributed by atoms with Crippen molar-refractivity contribution in [2.75, 3.05) is 5.32 Å². The Balaban J connectivity index is 1.80. The number of benzene rings is 1. The second-order valence-corrected chi connectivity index (χ2v) is 5.01. The molecule has 112 valence electrons. The number of pyridine rings is 1. The van der Waals surface area contributed by atoms with E-state index in [1.165, 1.54) is 12.4 Å². The molecule has 0 saturated carbocycles. The smallest absolute Gasteiger partial charge is 0.158 e. The van der Waals surface area contributed by atoms with Gasteiger partial charge in [-0.2, -0.15) is 5.10 Å². The molecule has 3 aromatic heterocycles. The molecule has 4 rings (SSSR count). The summed E-state index contributed by atoms with van der Waals surface area (Å²) in [7, 11) is 0. The van der Waals surface area contributed by atoms with Gasteiger partial charge in [-0.1, -0.05) is 18.2 Å². The molecule has 0 fully saturated rings. The van der Waals surface area contributed by atoms with E-state index in [1.54, 1.807) is 35.2 Å². The van der Waals surface area contributed by atoms with Crippen molar-refractivity contribution in [2.45, 2.75) is 0 Å². The number of nitrogens with zero attached hydrogens (tertiary/aromatic N) is 4. The van der Waals surface area contributed by atoms with Gasteiger partial charge in [0.1, 0.15) is 17.7 Å². The summed E-state index contributed by atoms with van der Waals surface area (Å²) in [4.78, 5) is 8.26. The van der Waals surface area contributed by atoms with Gasteiger partial charge in [0.25, 0.3) is 0 Å². The Bertz CT molecular complexity index is 965. The second-order valence-electron chi connectivity index (χ2n) is 5.01. The molecule has 0 spiro atoms. The van der Waals surface area contributed by atoms with Crippen LogP contribution in [-0.2, 0) is 0 Å². The number of aromatic nitrogens is 4. The molecule has 4 aromatic rings. The highest BCUT2D eigenvalue weighted by Crippen LogP contribution is 2.27. The summed E-state index contributed by atoms with van der Waals surface area (Å²) in [6.45, 7) is 0. The average molecular weight is 305 g/mol. The maximum Gasteiger partial charge on any atom is 0.158 e. The third kappa shape index (κ3) is 2.50. The summed E-state index contributed by atoms with van der Waals surface area (Å²) in [5.74, 6) is 0.383. The lowest BCUT2D eigenvalue weighted by molar-refractivity contribution is 0.631. The summed E-state index contributed by atoms with van der Waals surface area (Å²) >= 11 is 0. The molecule has 0 aliphatic rings. The molecule has 0 bridgehead atoms. The first-order valence-corrected chi connectivity index (χ1v) is 7.06.